The fraction of sp³-hybridized carbons (Fsp3) is 0.316. The average molecular weight is 368 g/mol. The topological polar surface area (TPSA) is 91.5 Å². The van der Waals surface area contributed by atoms with E-state index in [0.717, 1.165) is 0 Å². The summed E-state index contributed by atoms with van der Waals surface area (Å²) in [5.74, 6) is -0.686. The summed E-state index contributed by atoms with van der Waals surface area (Å²) < 4.78 is 6.88. The Hall–Kier alpha value is -3.29. The number of carbonyl (C=O) groups is 2. The summed E-state index contributed by atoms with van der Waals surface area (Å²) in [5, 5.41) is 0. The van der Waals surface area contributed by atoms with Gasteiger partial charge in [0.2, 0.25) is 0 Å². The molecule has 27 heavy (non-hydrogen) atoms. The predicted molar refractivity (Wildman–Crippen MR) is 98.7 cm³/mol. The van der Waals surface area contributed by atoms with Gasteiger partial charge in [-0.05, 0) is 30.7 Å². The third-order valence-corrected chi connectivity index (χ3v) is 4.82. The molecule has 1 N–H and O–H groups in total. The smallest absolute Gasteiger partial charge is 0.408 e. The number of aromatic amines is 1. The Balaban J connectivity index is 1.47. The molecule has 2 aromatic heterocycles. The van der Waals surface area contributed by atoms with Crippen LogP contribution in [-0.2, 0) is 7.05 Å². The van der Waals surface area contributed by atoms with Crippen molar-refractivity contribution in [1.82, 2.24) is 19.4 Å². The van der Waals surface area contributed by atoms with E-state index in [9.17, 15) is 14.4 Å². The van der Waals surface area contributed by atoms with E-state index in [1.807, 2.05) is 17.8 Å². The minimum absolute atomic E-state index is 0.0135. The van der Waals surface area contributed by atoms with Crippen molar-refractivity contribution in [3.8, 4) is 0 Å². The van der Waals surface area contributed by atoms with Crippen molar-refractivity contribution in [2.45, 2.75) is 6.42 Å². The Morgan fingerprint density at radius 1 is 1.00 bits per heavy atom. The van der Waals surface area contributed by atoms with Gasteiger partial charge in [-0.2, -0.15) is 0 Å². The van der Waals surface area contributed by atoms with E-state index in [2.05, 4.69) is 4.98 Å². The Morgan fingerprint density at radius 2 is 1.70 bits per heavy atom. The summed E-state index contributed by atoms with van der Waals surface area (Å²) in [7, 11) is 1.88. The first kappa shape index (κ1) is 17.1. The number of aryl methyl sites for hydroxylation is 1. The number of carbonyl (C=O) groups excluding carboxylic acids is 2. The third kappa shape index (κ3) is 3.38. The highest BCUT2D eigenvalue weighted by Crippen LogP contribution is 2.16. The molecule has 0 radical (unpaired) electrons. The van der Waals surface area contributed by atoms with E-state index in [1.165, 1.54) is 0 Å². The number of nitrogens with zero attached hydrogens (tertiary/aromatic N) is 3. The molecule has 0 atom stereocenters. The molecule has 0 spiro atoms. The molecule has 4 rings (SSSR count). The van der Waals surface area contributed by atoms with Gasteiger partial charge in [0.05, 0.1) is 11.1 Å². The number of fused-ring (bicyclic) bond motifs is 1. The van der Waals surface area contributed by atoms with Crippen LogP contribution in [0.2, 0.25) is 0 Å². The standard InChI is InChI=1S/C19H20N4O4/c1-21-8-5-14(12-21)18(25)23-7-2-6-22(9-10-23)17(24)13-3-4-15-16(11-13)27-19(26)20-15/h3-5,8,11-12H,2,6-7,9-10H2,1H3,(H,20,26). The highest BCUT2D eigenvalue weighted by atomic mass is 16.4. The van der Waals surface area contributed by atoms with E-state index >= 15 is 0 Å². The van der Waals surface area contributed by atoms with E-state index in [0.29, 0.717) is 54.8 Å². The molecule has 140 valence electrons. The number of amides is 2. The zero-order valence-corrected chi connectivity index (χ0v) is 15.0. The van der Waals surface area contributed by atoms with Gasteiger partial charge in [0.1, 0.15) is 0 Å². The molecule has 1 fully saturated rings. The molecule has 1 aliphatic rings. The molecule has 8 nitrogen and oxygen atoms in total. The van der Waals surface area contributed by atoms with Crippen LogP contribution in [0.5, 0.6) is 0 Å². The van der Waals surface area contributed by atoms with Gasteiger partial charge in [-0.25, -0.2) is 4.79 Å². The fourth-order valence-electron chi connectivity index (χ4n) is 3.40. The third-order valence-electron chi connectivity index (χ3n) is 4.82. The Kier molecular flexibility index (Phi) is 4.31. The van der Waals surface area contributed by atoms with Crippen molar-refractivity contribution >= 4 is 22.9 Å². The molecule has 0 bridgehead atoms. The van der Waals surface area contributed by atoms with Crippen LogP contribution in [0.25, 0.3) is 11.1 Å². The minimum Gasteiger partial charge on any atom is -0.408 e. The number of H-pyrrole nitrogens is 1. The van der Waals surface area contributed by atoms with E-state index in [-0.39, 0.29) is 11.8 Å². The molecular weight excluding hydrogens is 348 g/mol. The van der Waals surface area contributed by atoms with Crippen molar-refractivity contribution in [3.05, 3.63) is 58.3 Å². The van der Waals surface area contributed by atoms with Crippen LogP contribution in [0, 0.1) is 0 Å². The lowest BCUT2D eigenvalue weighted by atomic mass is 10.1. The van der Waals surface area contributed by atoms with E-state index in [1.54, 1.807) is 40.3 Å². The van der Waals surface area contributed by atoms with Gasteiger partial charge >= 0.3 is 5.76 Å². The highest BCUT2D eigenvalue weighted by Gasteiger charge is 2.24. The molecule has 3 aromatic rings. The normalized spacial score (nSPS) is 15.1. The van der Waals surface area contributed by atoms with E-state index in [4.69, 9.17) is 4.42 Å². The maximum Gasteiger partial charge on any atom is 0.417 e. The Bertz CT molecular complexity index is 1060. The van der Waals surface area contributed by atoms with Gasteiger partial charge in [-0.1, -0.05) is 0 Å². The lowest BCUT2D eigenvalue weighted by molar-refractivity contribution is 0.0719. The first-order valence-electron chi connectivity index (χ1n) is 8.85. The molecule has 0 unspecified atom stereocenters. The fourth-order valence-corrected chi connectivity index (χ4v) is 3.40. The van der Waals surface area contributed by atoms with Crippen LogP contribution < -0.4 is 5.76 Å². The molecule has 8 heteroatoms. The molecule has 1 aliphatic heterocycles. The molecule has 0 aliphatic carbocycles. The van der Waals surface area contributed by atoms with Crippen LogP contribution in [0.4, 0.5) is 0 Å². The molecule has 1 aromatic carbocycles. The van der Waals surface area contributed by atoms with Crippen molar-refractivity contribution < 1.29 is 14.0 Å². The van der Waals surface area contributed by atoms with Gasteiger partial charge < -0.3 is 18.8 Å². The minimum atomic E-state index is -0.542. The Morgan fingerprint density at radius 3 is 2.37 bits per heavy atom. The zero-order chi connectivity index (χ0) is 19.0. The van der Waals surface area contributed by atoms with Crippen LogP contribution >= 0.6 is 0 Å². The van der Waals surface area contributed by atoms with Crippen molar-refractivity contribution in [3.63, 3.8) is 0 Å². The summed E-state index contributed by atoms with van der Waals surface area (Å²) in [5.41, 5.74) is 2.05. The first-order valence-corrected chi connectivity index (χ1v) is 8.85. The van der Waals surface area contributed by atoms with Crippen LogP contribution in [0.1, 0.15) is 27.1 Å². The average Bonchev–Trinajstić information content (AvgIpc) is 3.16. The maximum absolute atomic E-state index is 12.8. The number of hydrogen-bond donors (Lipinski definition) is 1. The lowest BCUT2D eigenvalue weighted by Gasteiger charge is -2.22. The quantitative estimate of drug-likeness (QED) is 0.741. The summed E-state index contributed by atoms with van der Waals surface area (Å²) in [4.78, 5) is 42.8. The van der Waals surface area contributed by atoms with Crippen molar-refractivity contribution in [2.75, 3.05) is 26.2 Å². The second-order valence-corrected chi connectivity index (χ2v) is 6.73. The number of rotatable bonds is 2. The van der Waals surface area contributed by atoms with Crippen LogP contribution in [-0.4, -0.2) is 57.3 Å². The molecular formula is C19H20N4O4. The summed E-state index contributed by atoms with van der Waals surface area (Å²) in [6, 6.07) is 6.72. The first-order chi connectivity index (χ1) is 13.0. The number of hydrogen-bond acceptors (Lipinski definition) is 4. The number of aromatic nitrogens is 2. The second kappa shape index (κ2) is 6.79. The van der Waals surface area contributed by atoms with Gasteiger partial charge in [0, 0.05) is 51.2 Å². The van der Waals surface area contributed by atoms with Crippen molar-refractivity contribution in [2.24, 2.45) is 7.05 Å². The van der Waals surface area contributed by atoms with E-state index < -0.39 is 5.76 Å². The number of oxazole rings is 1. The molecule has 0 saturated carbocycles. The number of nitrogens with one attached hydrogen (secondary N) is 1. The van der Waals surface area contributed by atoms with Gasteiger partial charge in [0.25, 0.3) is 11.8 Å². The summed E-state index contributed by atoms with van der Waals surface area (Å²) in [6.45, 7) is 2.14. The van der Waals surface area contributed by atoms with Gasteiger partial charge in [-0.3, -0.25) is 14.6 Å². The maximum atomic E-state index is 12.8. The SMILES string of the molecule is Cn1ccc(C(=O)N2CCCN(C(=O)c3ccc4[nH]c(=O)oc4c3)CC2)c1. The largest absolute Gasteiger partial charge is 0.417 e. The predicted octanol–water partition coefficient (Wildman–Crippen LogP) is 1.45. The molecule has 3 heterocycles. The van der Waals surface area contributed by atoms with Gasteiger partial charge in [-0.15, -0.1) is 0 Å². The van der Waals surface area contributed by atoms with Crippen molar-refractivity contribution in [1.29, 1.82) is 0 Å². The summed E-state index contributed by atoms with van der Waals surface area (Å²) >= 11 is 0. The summed E-state index contributed by atoms with van der Waals surface area (Å²) in [6.07, 6.45) is 4.36. The Labute approximate surface area is 155 Å². The number of benzene rings is 1. The van der Waals surface area contributed by atoms with Crippen LogP contribution in [0.15, 0.2) is 45.9 Å². The second-order valence-electron chi connectivity index (χ2n) is 6.73. The van der Waals surface area contributed by atoms with Crippen LogP contribution in [0.3, 0.4) is 0 Å². The lowest BCUT2D eigenvalue weighted by Crippen LogP contribution is -2.37. The van der Waals surface area contributed by atoms with Gasteiger partial charge in [0.15, 0.2) is 5.58 Å². The molecule has 1 saturated heterocycles. The highest BCUT2D eigenvalue weighted by molar-refractivity contribution is 5.97. The zero-order valence-electron chi connectivity index (χ0n) is 15.0. The monoisotopic (exact) mass is 368 g/mol. The molecule has 2 amide bonds.